The molecule has 0 spiro atoms. The van der Waals surface area contributed by atoms with Crippen LogP contribution in [-0.4, -0.2) is 107 Å². The minimum Gasteiger partial charge on any atom is -0.393 e. The molecule has 1 unspecified atom stereocenters. The van der Waals surface area contributed by atoms with Crippen LogP contribution < -0.4 is 0 Å². The number of fused-ring (bicyclic) bond motifs is 10. The summed E-state index contributed by atoms with van der Waals surface area (Å²) < 4.78 is 22.4. The predicted molar refractivity (Wildman–Crippen MR) is 302 cm³/mol. The first-order valence-corrected chi connectivity index (χ1v) is 29.5. The minimum absolute atomic E-state index is 0. The molecule has 408 valence electrons. The first-order chi connectivity index (χ1) is 34.9. The second-order valence-electron chi connectivity index (χ2n) is 24.2. The maximum Gasteiger partial charge on any atom is 0.133 e. The van der Waals surface area contributed by atoms with Crippen molar-refractivity contribution in [3.8, 4) is 83.9 Å². The molecule has 17 atom stereocenters. The molecule has 8 rings (SSSR count). The Morgan fingerprint density at radius 2 is 0.932 bits per heavy atom. The van der Waals surface area contributed by atoms with E-state index in [-0.39, 0.29) is 35.7 Å². The molecule has 0 radical (unpaired) electrons. The van der Waals surface area contributed by atoms with Gasteiger partial charge in [0.2, 0.25) is 0 Å². The van der Waals surface area contributed by atoms with Crippen LogP contribution in [0, 0.1) is 165 Å². The van der Waals surface area contributed by atoms with E-state index >= 15 is 0 Å². The molecule has 0 heterocycles. The first-order valence-electron chi connectivity index (χ1n) is 27.5. The summed E-state index contributed by atoms with van der Waals surface area (Å²) in [6, 6.07) is 0. The van der Waals surface area contributed by atoms with Crippen LogP contribution in [0.25, 0.3) is 0 Å². The van der Waals surface area contributed by atoms with Gasteiger partial charge in [0, 0.05) is 34.4 Å². The SMILES string of the molecule is C.C#CC#CC#CC#CC#CC#CC#C.COC[C@@]1(O)CC[C@@]2(COC)[C@@H](CC[C@H]3[C@@H]4CC[C@H](C(C)=O)[C@@]4(C)CC[C@@H]32)C1.COC[C@@]1(O)CC[C@@]2(COC)[C@@H](CC[C@H]3[C@@H]4CC[C@H](C(C)O)[C@@]4(C)CC[C@@H]32)C1.CPC. The molecule has 9 heteroatoms. The van der Waals surface area contributed by atoms with Gasteiger partial charge in [-0.3, -0.25) is 4.79 Å². The van der Waals surface area contributed by atoms with Gasteiger partial charge in [0.25, 0.3) is 0 Å². The highest BCUT2D eigenvalue weighted by Crippen LogP contribution is 2.70. The molecule has 0 aromatic heterocycles. The zero-order valence-electron chi connectivity index (χ0n) is 46.4. The molecule has 0 amide bonds. The third-order valence-corrected chi connectivity index (χ3v) is 20.5. The molecule has 0 aromatic carbocycles. The average Bonchev–Trinajstić information content (AvgIpc) is 3.91. The van der Waals surface area contributed by atoms with Gasteiger partial charge in [-0.25, -0.2) is 0 Å². The standard InChI is InChI=1S/C24H42O4.C24H40O4.C14H2.C2H7P.CH4/c2*1-16(25)19-7-8-20-18-6-5-17-13-23(26,14-27-3)11-12-24(17,15-28-4)21(18)9-10-22(19,20)2;1-3-5-7-9-11-13-14-12-10-8-6-4-2;1-3-2;/h16-21,25-26H,5-15H2,1-4H3;17-21,26H,5-15H2,1-4H3;1-2H;3H,1-2H3;1H4/t16?,17-,18-,19+,20-,21-,22+,23+,24+;17-,18-,19+,20-,21-,22+,23+,24+;;;/m00.../s1. The molecule has 0 bridgehead atoms. The topological polar surface area (TPSA) is 115 Å². The van der Waals surface area contributed by atoms with Gasteiger partial charge < -0.3 is 34.3 Å². The molecular formula is C65H95O8P. The third kappa shape index (κ3) is 13.7. The van der Waals surface area contributed by atoms with Crippen LogP contribution >= 0.6 is 8.58 Å². The Bertz CT molecular complexity index is 2220. The lowest BCUT2D eigenvalue weighted by molar-refractivity contribution is -0.188. The summed E-state index contributed by atoms with van der Waals surface area (Å²) in [6.07, 6.45) is 29.7. The molecule has 8 saturated carbocycles. The van der Waals surface area contributed by atoms with Crippen molar-refractivity contribution in [3.63, 3.8) is 0 Å². The van der Waals surface area contributed by atoms with Crippen LogP contribution in [0.2, 0.25) is 0 Å². The highest BCUT2D eigenvalue weighted by molar-refractivity contribution is 7.35. The van der Waals surface area contributed by atoms with E-state index in [0.717, 1.165) is 84.5 Å². The number of aliphatic hydroxyl groups is 3. The van der Waals surface area contributed by atoms with E-state index in [9.17, 15) is 20.1 Å². The number of hydrogen-bond donors (Lipinski definition) is 3. The Labute approximate surface area is 452 Å². The Kier molecular flexibility index (Phi) is 24.3. The Morgan fingerprint density at radius 1 is 0.554 bits per heavy atom. The maximum atomic E-state index is 12.3. The molecule has 0 aromatic rings. The molecule has 74 heavy (non-hydrogen) atoms. The number of ketones is 1. The normalized spacial score (nSPS) is 39.7. The van der Waals surface area contributed by atoms with Crippen molar-refractivity contribution in [1.29, 1.82) is 0 Å². The van der Waals surface area contributed by atoms with Crippen LogP contribution in [0.3, 0.4) is 0 Å². The van der Waals surface area contributed by atoms with E-state index in [1.165, 1.54) is 70.6 Å². The van der Waals surface area contributed by atoms with Gasteiger partial charge in [0.15, 0.2) is 0 Å². The lowest BCUT2D eigenvalue weighted by Gasteiger charge is -2.63. The van der Waals surface area contributed by atoms with E-state index in [4.69, 9.17) is 31.8 Å². The fourth-order valence-corrected chi connectivity index (χ4v) is 18.0. The average molecular weight is 1040 g/mol. The molecule has 8 nitrogen and oxygen atoms in total. The van der Waals surface area contributed by atoms with Crippen LogP contribution in [0.4, 0.5) is 0 Å². The first kappa shape index (κ1) is 63.3. The van der Waals surface area contributed by atoms with E-state index in [0.29, 0.717) is 59.9 Å². The fraction of sp³-hybridized carbons (Fsp3) is 0.769. The number of hydrogen-bond acceptors (Lipinski definition) is 8. The number of methoxy groups -OCH3 is 4. The van der Waals surface area contributed by atoms with Gasteiger partial charge in [-0.05, 0) is 289 Å². The molecule has 8 aliphatic rings. The molecular weight excluding hydrogens is 940 g/mol. The van der Waals surface area contributed by atoms with Crippen LogP contribution in [0.15, 0.2) is 0 Å². The molecule has 8 fully saturated rings. The summed E-state index contributed by atoms with van der Waals surface area (Å²) in [5.41, 5.74) is -0.381. The minimum atomic E-state index is -0.667. The van der Waals surface area contributed by atoms with Crippen molar-refractivity contribution in [3.05, 3.63) is 0 Å². The van der Waals surface area contributed by atoms with Gasteiger partial charge in [-0.2, -0.15) is 0 Å². The molecule has 3 N–H and O–H groups in total. The van der Waals surface area contributed by atoms with Crippen molar-refractivity contribution in [2.45, 2.75) is 168 Å². The van der Waals surface area contributed by atoms with Gasteiger partial charge in [0.05, 0.1) is 43.7 Å². The lowest BCUT2D eigenvalue weighted by atomic mass is 9.43. The highest BCUT2D eigenvalue weighted by Gasteiger charge is 2.65. The summed E-state index contributed by atoms with van der Waals surface area (Å²) in [6.45, 7) is 15.6. The summed E-state index contributed by atoms with van der Waals surface area (Å²) in [4.78, 5) is 12.3. The van der Waals surface area contributed by atoms with E-state index in [1.54, 1.807) is 14.2 Å². The Morgan fingerprint density at radius 3 is 1.31 bits per heavy atom. The van der Waals surface area contributed by atoms with Gasteiger partial charge in [-0.15, -0.1) is 21.4 Å². The number of aliphatic hydroxyl groups excluding tert-OH is 1. The zero-order chi connectivity index (χ0) is 53.5. The van der Waals surface area contributed by atoms with Crippen LogP contribution in [-0.2, 0) is 23.7 Å². The Hall–Kier alpha value is -3.26. The number of Topliss-reactive ketones (excluding diaryl/α,β-unsaturated/α-hetero) is 1. The zero-order valence-corrected chi connectivity index (χ0v) is 47.4. The van der Waals surface area contributed by atoms with Crippen LogP contribution in [0.1, 0.15) is 151 Å². The second-order valence-corrected chi connectivity index (χ2v) is 25.2. The van der Waals surface area contributed by atoms with Crippen molar-refractivity contribution >= 4 is 14.4 Å². The van der Waals surface area contributed by atoms with Crippen molar-refractivity contribution in [1.82, 2.24) is 0 Å². The summed E-state index contributed by atoms with van der Waals surface area (Å²) >= 11 is 0. The van der Waals surface area contributed by atoms with Gasteiger partial charge in [-0.1, -0.05) is 21.3 Å². The Balaban J connectivity index is 0.000000245. The fourth-order valence-electron chi connectivity index (χ4n) is 18.0. The third-order valence-electron chi connectivity index (χ3n) is 20.5. The van der Waals surface area contributed by atoms with Crippen molar-refractivity contribution in [2.75, 3.05) is 68.2 Å². The number of carbonyl (C=O) groups excluding carboxylic acids is 1. The predicted octanol–water partition coefficient (Wildman–Crippen LogP) is 10.1. The van der Waals surface area contributed by atoms with E-state index < -0.39 is 11.2 Å². The van der Waals surface area contributed by atoms with E-state index in [1.807, 2.05) is 28.1 Å². The monoisotopic (exact) mass is 1030 g/mol. The van der Waals surface area contributed by atoms with Crippen molar-refractivity contribution in [2.24, 2.45) is 80.8 Å². The van der Waals surface area contributed by atoms with Gasteiger partial charge in [0.1, 0.15) is 5.78 Å². The molecule has 8 aliphatic carbocycles. The lowest BCUT2D eigenvalue weighted by Crippen LogP contribution is -2.59. The summed E-state index contributed by atoms with van der Waals surface area (Å²) in [7, 11) is 8.18. The highest BCUT2D eigenvalue weighted by atomic mass is 31.1. The number of rotatable bonds is 10. The van der Waals surface area contributed by atoms with Crippen molar-refractivity contribution < 1.29 is 39.1 Å². The molecule has 0 saturated heterocycles. The number of carbonyl (C=O) groups is 1. The van der Waals surface area contributed by atoms with Gasteiger partial charge >= 0.3 is 0 Å². The second kappa shape index (κ2) is 28.4. The smallest absolute Gasteiger partial charge is 0.133 e. The van der Waals surface area contributed by atoms with Crippen LogP contribution in [0.5, 0.6) is 0 Å². The largest absolute Gasteiger partial charge is 0.393 e. The summed E-state index contributed by atoms with van der Waals surface area (Å²) in [5.74, 6) is 34.8. The summed E-state index contributed by atoms with van der Waals surface area (Å²) in [5, 5.41) is 32.6. The quantitative estimate of drug-likeness (QED) is 0.147. The molecule has 0 aliphatic heterocycles. The maximum absolute atomic E-state index is 12.3. The van der Waals surface area contributed by atoms with E-state index in [2.05, 4.69) is 98.2 Å². The number of terminal acetylenes is 2. The number of ether oxygens (including phenoxy) is 4.